The minimum atomic E-state index is -0.556. The minimum absolute atomic E-state index is 0.00165. The maximum atomic E-state index is 11.9. The third-order valence-corrected chi connectivity index (χ3v) is 9.39. The molecule has 0 aliphatic heterocycles. The number of esters is 2. The van der Waals surface area contributed by atoms with Gasteiger partial charge in [-0.15, -0.1) is 0 Å². The Morgan fingerprint density at radius 3 is 1.46 bits per heavy atom. The summed E-state index contributed by atoms with van der Waals surface area (Å²) in [4.78, 5) is 35.3. The molecule has 9 heteroatoms. The Morgan fingerprint density at radius 1 is 0.508 bits per heavy atom. The van der Waals surface area contributed by atoms with Crippen molar-refractivity contribution < 1.29 is 38.1 Å². The fraction of sp³-hybridized carbons (Fsp3) is 0.288. The van der Waals surface area contributed by atoms with Gasteiger partial charge in [0.15, 0.2) is 0 Å². The van der Waals surface area contributed by atoms with Crippen LogP contribution in [-0.2, 0) is 14.3 Å². The lowest BCUT2D eigenvalue weighted by Crippen LogP contribution is -2.16. The van der Waals surface area contributed by atoms with Crippen LogP contribution in [0.3, 0.4) is 0 Å². The van der Waals surface area contributed by atoms with Crippen molar-refractivity contribution in [1.82, 2.24) is 0 Å². The van der Waals surface area contributed by atoms with Crippen LogP contribution < -0.4 is 24.3 Å². The molecule has 0 saturated carbocycles. The molecule has 9 nitrogen and oxygen atoms in total. The maximum Gasteiger partial charge on any atom is 0.417 e. The molecule has 61 heavy (non-hydrogen) atoms. The van der Waals surface area contributed by atoms with Crippen LogP contribution in [0.4, 0.5) is 10.5 Å². The first-order chi connectivity index (χ1) is 29.6. The van der Waals surface area contributed by atoms with Crippen molar-refractivity contribution in [2.75, 3.05) is 25.6 Å². The molecule has 316 valence electrons. The highest BCUT2D eigenvalue weighted by Crippen LogP contribution is 2.17. The van der Waals surface area contributed by atoms with Crippen molar-refractivity contribution in [1.29, 1.82) is 0 Å². The van der Waals surface area contributed by atoms with Crippen LogP contribution in [0.1, 0.15) is 88.5 Å². The highest BCUT2D eigenvalue weighted by Gasteiger charge is 2.13. The Balaban J connectivity index is 0.000000269. The topological polar surface area (TPSA) is 109 Å². The first kappa shape index (κ1) is 46.7. The van der Waals surface area contributed by atoms with Crippen LogP contribution in [0.25, 0.3) is 0 Å². The number of nitrogens with one attached hydrogen (secondary N) is 1. The summed E-state index contributed by atoms with van der Waals surface area (Å²) >= 11 is 0. The van der Waals surface area contributed by atoms with E-state index in [1.807, 2.05) is 107 Å². The highest BCUT2D eigenvalue weighted by atomic mass is 16.6. The van der Waals surface area contributed by atoms with E-state index >= 15 is 0 Å². The summed E-state index contributed by atoms with van der Waals surface area (Å²) in [5.74, 6) is 14.7. The number of anilines is 1. The molecule has 1 amide bonds. The molecule has 0 radical (unpaired) electrons. The van der Waals surface area contributed by atoms with Crippen LogP contribution >= 0.6 is 0 Å². The standard InChI is InChI=1S/C26H23NO4.C26H32O4/c1-3-19(2)25(28)30-24-17-13-21(14-18-24)10-9-20-11-15-22(16-12-20)27-26(29)31-23-7-5-4-6-8-23;1-4-21(2)26(27)30-20-8-6-5-7-19-29-25-17-13-23(14-18-25)10-9-22-11-15-24(28-3)16-12-22/h4-8,11-19H,3H2,1-2H3,(H,27,29);11-18,21H,4-8,19-20H2,1-3H3. The molecule has 0 bridgehead atoms. The summed E-state index contributed by atoms with van der Waals surface area (Å²) in [6.45, 7) is 8.89. The first-order valence-electron chi connectivity index (χ1n) is 20.7. The number of carbonyl (C=O) groups excluding carboxylic acids is 3. The lowest BCUT2D eigenvalue weighted by molar-refractivity contribution is -0.148. The summed E-state index contributed by atoms with van der Waals surface area (Å²) in [5, 5.41) is 2.67. The van der Waals surface area contributed by atoms with E-state index in [0.717, 1.165) is 72.3 Å². The fourth-order valence-electron chi connectivity index (χ4n) is 5.19. The number of carbonyl (C=O) groups is 3. The van der Waals surface area contributed by atoms with Crippen LogP contribution in [0.2, 0.25) is 0 Å². The SMILES string of the molecule is CCC(C)C(=O)OCCCCCCOc1ccc(C#Cc2ccc(OC)cc2)cc1.CCC(C)C(=O)Oc1ccc(C#Cc2ccc(NC(=O)Oc3ccccc3)cc2)cc1. The Morgan fingerprint density at radius 2 is 0.951 bits per heavy atom. The molecular weight excluding hydrogens is 767 g/mol. The lowest BCUT2D eigenvalue weighted by Gasteiger charge is -2.09. The molecule has 0 spiro atoms. The van der Waals surface area contributed by atoms with Crippen molar-refractivity contribution >= 4 is 23.7 Å². The third kappa shape index (κ3) is 17.8. The van der Waals surface area contributed by atoms with Gasteiger partial charge in [0.1, 0.15) is 23.0 Å². The lowest BCUT2D eigenvalue weighted by atomic mass is 10.1. The van der Waals surface area contributed by atoms with E-state index in [1.165, 1.54) is 0 Å². The fourth-order valence-corrected chi connectivity index (χ4v) is 5.19. The normalized spacial score (nSPS) is 11.0. The van der Waals surface area contributed by atoms with Crippen molar-refractivity contribution in [3.8, 4) is 46.7 Å². The van der Waals surface area contributed by atoms with Crippen molar-refractivity contribution in [2.24, 2.45) is 11.8 Å². The zero-order valence-electron chi connectivity index (χ0n) is 35.7. The van der Waals surface area contributed by atoms with Crippen LogP contribution in [0, 0.1) is 35.5 Å². The zero-order chi connectivity index (χ0) is 43.7. The molecule has 2 atom stereocenters. The zero-order valence-corrected chi connectivity index (χ0v) is 35.7. The third-order valence-electron chi connectivity index (χ3n) is 9.39. The van der Waals surface area contributed by atoms with E-state index in [4.69, 9.17) is 23.7 Å². The van der Waals surface area contributed by atoms with Gasteiger partial charge < -0.3 is 23.7 Å². The molecule has 0 aliphatic rings. The van der Waals surface area contributed by atoms with E-state index in [0.29, 0.717) is 30.4 Å². The molecule has 0 heterocycles. The second-order valence-corrected chi connectivity index (χ2v) is 14.2. The van der Waals surface area contributed by atoms with Gasteiger partial charge in [-0.3, -0.25) is 14.9 Å². The molecule has 2 unspecified atom stereocenters. The van der Waals surface area contributed by atoms with Gasteiger partial charge in [-0.2, -0.15) is 0 Å². The van der Waals surface area contributed by atoms with Gasteiger partial charge in [0, 0.05) is 27.9 Å². The number of hydrogen-bond acceptors (Lipinski definition) is 8. The number of ether oxygens (including phenoxy) is 5. The molecule has 1 N–H and O–H groups in total. The molecule has 5 aromatic carbocycles. The quantitative estimate of drug-likeness (QED) is 0.0453. The summed E-state index contributed by atoms with van der Waals surface area (Å²) in [6, 6.07) is 38.6. The van der Waals surface area contributed by atoms with E-state index in [1.54, 1.807) is 55.6 Å². The minimum Gasteiger partial charge on any atom is -0.497 e. The van der Waals surface area contributed by atoms with Crippen LogP contribution in [0.15, 0.2) is 127 Å². The second kappa shape index (κ2) is 26.2. The maximum absolute atomic E-state index is 11.9. The highest BCUT2D eigenvalue weighted by molar-refractivity contribution is 5.86. The largest absolute Gasteiger partial charge is 0.497 e. The van der Waals surface area contributed by atoms with Crippen molar-refractivity contribution in [3.05, 3.63) is 150 Å². The monoisotopic (exact) mass is 821 g/mol. The van der Waals surface area contributed by atoms with E-state index in [-0.39, 0.29) is 23.8 Å². The Bertz CT molecular complexity index is 2210. The number of methoxy groups -OCH3 is 1. The molecule has 0 fully saturated rings. The van der Waals surface area contributed by atoms with Gasteiger partial charge in [0.05, 0.1) is 32.2 Å². The van der Waals surface area contributed by atoms with Gasteiger partial charge in [0.2, 0.25) is 0 Å². The smallest absolute Gasteiger partial charge is 0.417 e. The number of rotatable bonds is 16. The predicted molar refractivity (Wildman–Crippen MR) is 240 cm³/mol. The Labute approximate surface area is 360 Å². The van der Waals surface area contributed by atoms with Crippen LogP contribution in [0.5, 0.6) is 23.0 Å². The van der Waals surface area contributed by atoms with E-state index < -0.39 is 6.09 Å². The number of hydrogen-bond donors (Lipinski definition) is 1. The summed E-state index contributed by atoms with van der Waals surface area (Å²) in [7, 11) is 1.65. The number of benzene rings is 5. The van der Waals surface area contributed by atoms with Gasteiger partial charge in [-0.1, -0.05) is 69.6 Å². The van der Waals surface area contributed by atoms with Crippen molar-refractivity contribution in [2.45, 2.75) is 66.2 Å². The number of amides is 1. The summed E-state index contributed by atoms with van der Waals surface area (Å²) in [5.41, 5.74) is 4.11. The second-order valence-electron chi connectivity index (χ2n) is 14.2. The predicted octanol–water partition coefficient (Wildman–Crippen LogP) is 11.3. The van der Waals surface area contributed by atoms with Gasteiger partial charge in [-0.05, 0) is 148 Å². The Kier molecular flexibility index (Phi) is 20.1. The number of para-hydroxylation sites is 1. The molecule has 5 aromatic rings. The van der Waals surface area contributed by atoms with Gasteiger partial charge in [0.25, 0.3) is 0 Å². The first-order valence-corrected chi connectivity index (χ1v) is 20.7. The Hall–Kier alpha value is -6.97. The average molecular weight is 822 g/mol. The molecule has 0 aromatic heterocycles. The molecule has 5 rings (SSSR count). The van der Waals surface area contributed by atoms with E-state index in [9.17, 15) is 14.4 Å². The van der Waals surface area contributed by atoms with Gasteiger partial charge in [-0.25, -0.2) is 4.79 Å². The molecule has 0 saturated heterocycles. The van der Waals surface area contributed by atoms with E-state index in [2.05, 4.69) is 29.0 Å². The molecular formula is C52H55NO8. The summed E-state index contributed by atoms with van der Waals surface area (Å²) < 4.78 is 26.7. The summed E-state index contributed by atoms with van der Waals surface area (Å²) in [6.07, 6.45) is 5.00. The van der Waals surface area contributed by atoms with Crippen LogP contribution in [-0.4, -0.2) is 38.4 Å². The molecule has 0 aliphatic carbocycles. The number of unbranched alkanes of at least 4 members (excludes halogenated alkanes) is 3. The average Bonchev–Trinajstić information content (AvgIpc) is 3.29. The van der Waals surface area contributed by atoms with Crippen molar-refractivity contribution in [3.63, 3.8) is 0 Å². The van der Waals surface area contributed by atoms with Gasteiger partial charge >= 0.3 is 18.0 Å².